The molecule has 1 aliphatic heterocycles. The molecule has 3 aromatic carbocycles. The molecule has 0 spiro atoms. The van der Waals surface area contributed by atoms with E-state index >= 15 is 0 Å². The van der Waals surface area contributed by atoms with E-state index in [1.807, 2.05) is 60.7 Å². The zero-order chi connectivity index (χ0) is 23.2. The largest absolute Gasteiger partial charge is 0.348 e. The normalized spacial score (nSPS) is 14.3. The molecule has 1 aliphatic rings. The van der Waals surface area contributed by atoms with Crippen molar-refractivity contribution in [3.63, 3.8) is 0 Å². The summed E-state index contributed by atoms with van der Waals surface area (Å²) < 4.78 is 0. The molecule has 0 aromatic heterocycles. The maximum atomic E-state index is 13.0. The molecule has 0 radical (unpaired) electrons. The molecule has 1 unspecified atom stereocenters. The van der Waals surface area contributed by atoms with E-state index < -0.39 is 6.04 Å². The molecule has 1 atom stereocenters. The second-order valence-electron chi connectivity index (χ2n) is 7.85. The first kappa shape index (κ1) is 22.0. The summed E-state index contributed by atoms with van der Waals surface area (Å²) in [6.45, 7) is 1.87. The third kappa shape index (κ3) is 5.18. The van der Waals surface area contributed by atoms with Gasteiger partial charge >= 0.3 is 0 Å². The van der Waals surface area contributed by atoms with Gasteiger partial charge in [-0.2, -0.15) is 0 Å². The van der Waals surface area contributed by atoms with Crippen molar-refractivity contribution in [1.29, 1.82) is 0 Å². The topological polar surface area (TPSA) is 78.5 Å². The van der Waals surface area contributed by atoms with Crippen LogP contribution in [0.15, 0.2) is 85.1 Å². The molecule has 0 bridgehead atoms. The van der Waals surface area contributed by atoms with Gasteiger partial charge in [0.15, 0.2) is 0 Å². The first-order chi connectivity index (χ1) is 16.0. The summed E-state index contributed by atoms with van der Waals surface area (Å²) in [5.41, 5.74) is 3.70. The second-order valence-corrected chi connectivity index (χ2v) is 7.85. The minimum Gasteiger partial charge on any atom is -0.348 e. The smallest absolute Gasteiger partial charge is 0.253 e. The summed E-state index contributed by atoms with van der Waals surface area (Å²) in [5, 5.41) is 5.76. The number of nitrogens with zero attached hydrogens (tertiary/aromatic N) is 1. The van der Waals surface area contributed by atoms with E-state index in [0.29, 0.717) is 17.8 Å². The molecule has 33 heavy (non-hydrogen) atoms. The maximum Gasteiger partial charge on any atom is 0.253 e. The Bertz CT molecular complexity index is 1200. The number of para-hydroxylation sites is 1. The number of nitrogens with one attached hydrogen (secondary N) is 2. The van der Waals surface area contributed by atoms with E-state index in [1.54, 1.807) is 35.4 Å². The summed E-state index contributed by atoms with van der Waals surface area (Å²) in [6.07, 6.45) is 3.66. The van der Waals surface area contributed by atoms with Crippen LogP contribution in [0.5, 0.6) is 0 Å². The van der Waals surface area contributed by atoms with Gasteiger partial charge < -0.3 is 15.5 Å². The van der Waals surface area contributed by atoms with Crippen molar-refractivity contribution in [2.24, 2.45) is 0 Å². The highest BCUT2D eigenvalue weighted by Crippen LogP contribution is 2.33. The molecular formula is C27H25N3O3. The number of carbonyl (C=O) groups is 3. The van der Waals surface area contributed by atoms with Crippen molar-refractivity contribution in [2.75, 3.05) is 5.32 Å². The van der Waals surface area contributed by atoms with Crippen LogP contribution in [-0.4, -0.2) is 22.6 Å². The van der Waals surface area contributed by atoms with E-state index in [1.165, 1.54) is 6.92 Å². The zero-order valence-corrected chi connectivity index (χ0v) is 18.3. The number of benzene rings is 3. The molecule has 6 heteroatoms. The highest BCUT2D eigenvalue weighted by molar-refractivity contribution is 6.04. The average Bonchev–Trinajstić information content (AvgIpc) is 2.83. The molecule has 166 valence electrons. The summed E-state index contributed by atoms with van der Waals surface area (Å²) >= 11 is 0. The second kappa shape index (κ2) is 9.96. The number of fused-ring (bicyclic) bond motifs is 1. The van der Waals surface area contributed by atoms with Crippen molar-refractivity contribution in [2.45, 2.75) is 25.9 Å². The Morgan fingerprint density at radius 2 is 1.58 bits per heavy atom. The monoisotopic (exact) mass is 439 g/mol. The SMILES string of the molecule is CC(=O)N1C=Cc2ccccc2C1CC(=O)Nc1ccccc1C(=O)NCc1ccccc1. The van der Waals surface area contributed by atoms with Gasteiger partial charge in [-0.1, -0.05) is 66.7 Å². The molecular weight excluding hydrogens is 414 g/mol. The molecule has 4 rings (SSSR count). The third-order valence-corrected chi connectivity index (χ3v) is 5.59. The van der Waals surface area contributed by atoms with Crippen molar-refractivity contribution in [3.8, 4) is 0 Å². The molecule has 2 N–H and O–H groups in total. The predicted octanol–water partition coefficient (Wildman–Crippen LogP) is 4.52. The molecule has 6 nitrogen and oxygen atoms in total. The van der Waals surface area contributed by atoms with Crippen LogP contribution in [0, 0.1) is 0 Å². The van der Waals surface area contributed by atoms with Crippen LogP contribution in [0.2, 0.25) is 0 Å². The Morgan fingerprint density at radius 3 is 2.36 bits per heavy atom. The van der Waals surface area contributed by atoms with Gasteiger partial charge in [0, 0.05) is 19.7 Å². The lowest BCUT2D eigenvalue weighted by Crippen LogP contribution is -2.33. The van der Waals surface area contributed by atoms with Gasteiger partial charge in [0.25, 0.3) is 5.91 Å². The summed E-state index contributed by atoms with van der Waals surface area (Å²) in [4.78, 5) is 39.5. The van der Waals surface area contributed by atoms with Gasteiger partial charge in [0.2, 0.25) is 11.8 Å². The van der Waals surface area contributed by atoms with Crippen LogP contribution in [-0.2, 0) is 16.1 Å². The van der Waals surface area contributed by atoms with Gasteiger partial charge in [0.1, 0.15) is 0 Å². The Hall–Kier alpha value is -4.19. The minimum atomic E-state index is -0.414. The highest BCUT2D eigenvalue weighted by Gasteiger charge is 2.28. The quantitative estimate of drug-likeness (QED) is 0.593. The van der Waals surface area contributed by atoms with E-state index in [2.05, 4.69) is 10.6 Å². The van der Waals surface area contributed by atoms with E-state index in [0.717, 1.165) is 16.7 Å². The fraction of sp³-hybridized carbons (Fsp3) is 0.148. The van der Waals surface area contributed by atoms with Gasteiger partial charge in [-0.3, -0.25) is 14.4 Å². The molecule has 3 aromatic rings. The number of hydrogen-bond acceptors (Lipinski definition) is 3. The average molecular weight is 440 g/mol. The van der Waals surface area contributed by atoms with Crippen LogP contribution in [0.25, 0.3) is 6.08 Å². The lowest BCUT2D eigenvalue weighted by Gasteiger charge is -2.32. The Morgan fingerprint density at radius 1 is 0.879 bits per heavy atom. The summed E-state index contributed by atoms with van der Waals surface area (Å²) in [7, 11) is 0. The van der Waals surface area contributed by atoms with Gasteiger partial charge in [-0.05, 0) is 34.9 Å². The first-order valence-corrected chi connectivity index (χ1v) is 10.8. The molecule has 0 aliphatic carbocycles. The van der Waals surface area contributed by atoms with Crippen LogP contribution < -0.4 is 10.6 Å². The Kier molecular flexibility index (Phi) is 6.64. The number of anilines is 1. The van der Waals surface area contributed by atoms with Crippen molar-refractivity contribution >= 4 is 29.5 Å². The van der Waals surface area contributed by atoms with Crippen LogP contribution in [0.1, 0.15) is 46.4 Å². The van der Waals surface area contributed by atoms with Gasteiger partial charge in [0.05, 0.1) is 23.7 Å². The molecule has 3 amide bonds. The molecule has 0 saturated carbocycles. The third-order valence-electron chi connectivity index (χ3n) is 5.59. The first-order valence-electron chi connectivity index (χ1n) is 10.8. The predicted molar refractivity (Wildman–Crippen MR) is 128 cm³/mol. The molecule has 0 saturated heterocycles. The lowest BCUT2D eigenvalue weighted by atomic mass is 9.93. The fourth-order valence-electron chi connectivity index (χ4n) is 3.95. The van der Waals surface area contributed by atoms with Crippen molar-refractivity contribution < 1.29 is 14.4 Å². The Labute approximate surface area is 192 Å². The molecule has 0 fully saturated rings. The van der Waals surface area contributed by atoms with Crippen LogP contribution >= 0.6 is 0 Å². The van der Waals surface area contributed by atoms with E-state index in [-0.39, 0.29) is 24.1 Å². The molecule has 1 heterocycles. The van der Waals surface area contributed by atoms with Gasteiger partial charge in [-0.25, -0.2) is 0 Å². The van der Waals surface area contributed by atoms with Gasteiger partial charge in [-0.15, -0.1) is 0 Å². The summed E-state index contributed by atoms with van der Waals surface area (Å²) in [6, 6.07) is 23.8. The number of carbonyl (C=O) groups excluding carboxylic acids is 3. The zero-order valence-electron chi connectivity index (χ0n) is 18.3. The number of rotatable bonds is 6. The van der Waals surface area contributed by atoms with E-state index in [9.17, 15) is 14.4 Å². The van der Waals surface area contributed by atoms with Crippen LogP contribution in [0.4, 0.5) is 5.69 Å². The number of amides is 3. The maximum absolute atomic E-state index is 13.0. The minimum absolute atomic E-state index is 0.0703. The highest BCUT2D eigenvalue weighted by atomic mass is 16.2. The lowest BCUT2D eigenvalue weighted by molar-refractivity contribution is -0.129. The summed E-state index contributed by atoms with van der Waals surface area (Å²) in [5.74, 6) is -0.690. The van der Waals surface area contributed by atoms with E-state index in [4.69, 9.17) is 0 Å². The Balaban J connectivity index is 1.48. The van der Waals surface area contributed by atoms with Crippen molar-refractivity contribution in [1.82, 2.24) is 10.2 Å². The number of hydrogen-bond donors (Lipinski definition) is 2. The fourth-order valence-corrected chi connectivity index (χ4v) is 3.95. The van der Waals surface area contributed by atoms with Crippen molar-refractivity contribution in [3.05, 3.63) is 107 Å². The van der Waals surface area contributed by atoms with Crippen LogP contribution in [0.3, 0.4) is 0 Å². The standard InChI is InChI=1S/C27H25N3O3/c1-19(31)30-16-15-21-11-5-6-12-22(21)25(30)17-26(32)29-24-14-8-7-13-23(24)27(33)28-18-20-9-3-2-4-10-20/h2-16,25H,17-18H2,1H3,(H,28,33)(H,29,32).